The van der Waals surface area contributed by atoms with E-state index in [9.17, 15) is 4.79 Å². The van der Waals surface area contributed by atoms with E-state index in [1.807, 2.05) is 24.3 Å². The molecule has 0 radical (unpaired) electrons. The monoisotopic (exact) mass is 344 g/mol. The first-order valence-corrected chi connectivity index (χ1v) is 7.54. The molecular weight excluding hydrogens is 336 g/mol. The highest BCUT2D eigenvalue weighted by Crippen LogP contribution is 2.32. The van der Waals surface area contributed by atoms with Crippen molar-refractivity contribution in [2.75, 3.05) is 0 Å². The number of benzene rings is 1. The molecule has 0 bridgehead atoms. The van der Waals surface area contributed by atoms with Crippen LogP contribution in [0.2, 0.25) is 0 Å². The van der Waals surface area contributed by atoms with E-state index in [1.54, 1.807) is 6.92 Å². The topological polar surface area (TPSA) is 63.1 Å². The summed E-state index contributed by atoms with van der Waals surface area (Å²) in [6, 6.07) is 7.76. The summed E-state index contributed by atoms with van der Waals surface area (Å²) in [7, 11) is 0. The molecule has 4 nitrogen and oxygen atoms in total. The van der Waals surface area contributed by atoms with Crippen LogP contribution in [0.1, 0.15) is 6.92 Å². The van der Waals surface area contributed by atoms with Crippen LogP contribution >= 0.6 is 39.0 Å². The van der Waals surface area contributed by atoms with Gasteiger partial charge in [-0.15, -0.1) is 10.2 Å². The number of carbonyl (C=O) groups is 1. The van der Waals surface area contributed by atoms with Crippen molar-refractivity contribution in [3.8, 4) is 10.6 Å². The number of nitrogens with zero attached hydrogens (tertiary/aromatic N) is 2. The minimum atomic E-state index is -0.848. The number of aromatic nitrogens is 2. The first-order valence-electron chi connectivity index (χ1n) is 5.05. The van der Waals surface area contributed by atoms with Crippen molar-refractivity contribution in [1.82, 2.24) is 10.2 Å². The van der Waals surface area contributed by atoms with Crippen LogP contribution in [-0.4, -0.2) is 26.5 Å². The maximum Gasteiger partial charge on any atom is 0.316 e. The van der Waals surface area contributed by atoms with Gasteiger partial charge in [0.25, 0.3) is 0 Å². The van der Waals surface area contributed by atoms with Crippen molar-refractivity contribution in [2.24, 2.45) is 0 Å². The molecule has 1 heterocycles. The van der Waals surface area contributed by atoms with Gasteiger partial charge in [0.1, 0.15) is 10.3 Å². The van der Waals surface area contributed by atoms with Crippen LogP contribution in [-0.2, 0) is 4.79 Å². The molecule has 2 rings (SSSR count). The van der Waals surface area contributed by atoms with Gasteiger partial charge in [-0.25, -0.2) is 0 Å². The van der Waals surface area contributed by atoms with E-state index in [4.69, 9.17) is 5.11 Å². The van der Waals surface area contributed by atoms with Crippen LogP contribution in [0.25, 0.3) is 10.6 Å². The highest BCUT2D eigenvalue weighted by Gasteiger charge is 2.16. The normalized spacial score (nSPS) is 12.3. The highest BCUT2D eigenvalue weighted by atomic mass is 79.9. The Labute approximate surface area is 121 Å². The van der Waals surface area contributed by atoms with E-state index in [2.05, 4.69) is 26.1 Å². The Hall–Kier alpha value is -0.920. The second kappa shape index (κ2) is 5.81. The van der Waals surface area contributed by atoms with Gasteiger partial charge in [0.2, 0.25) is 0 Å². The van der Waals surface area contributed by atoms with Crippen LogP contribution in [0.15, 0.2) is 33.1 Å². The van der Waals surface area contributed by atoms with Gasteiger partial charge in [-0.1, -0.05) is 51.2 Å². The van der Waals surface area contributed by atoms with Gasteiger partial charge in [-0.3, -0.25) is 4.79 Å². The molecule has 1 atom stereocenters. The molecule has 1 unspecified atom stereocenters. The van der Waals surface area contributed by atoms with Gasteiger partial charge in [-0.2, -0.15) is 0 Å². The lowest BCUT2D eigenvalue weighted by Crippen LogP contribution is -2.10. The van der Waals surface area contributed by atoms with E-state index in [0.29, 0.717) is 4.34 Å². The average Bonchev–Trinajstić information content (AvgIpc) is 2.77. The van der Waals surface area contributed by atoms with Gasteiger partial charge in [0.15, 0.2) is 4.34 Å². The minimum absolute atomic E-state index is 0.520. The molecule has 1 N–H and O–H groups in total. The molecule has 0 saturated carbocycles. The van der Waals surface area contributed by atoms with Crippen LogP contribution in [0, 0.1) is 0 Å². The summed E-state index contributed by atoms with van der Waals surface area (Å²) >= 11 is 6.00. The van der Waals surface area contributed by atoms with Crippen molar-refractivity contribution in [1.29, 1.82) is 0 Å². The van der Waals surface area contributed by atoms with Crippen LogP contribution in [0.4, 0.5) is 0 Å². The summed E-state index contributed by atoms with van der Waals surface area (Å²) in [5.74, 6) is -0.848. The third-order valence-corrected chi connectivity index (χ3v) is 4.74. The molecule has 0 aliphatic carbocycles. The summed E-state index contributed by atoms with van der Waals surface area (Å²) in [5, 5.41) is 17.2. The Kier molecular flexibility index (Phi) is 4.36. The molecule has 0 amide bonds. The largest absolute Gasteiger partial charge is 0.480 e. The average molecular weight is 345 g/mol. The molecule has 18 heavy (non-hydrogen) atoms. The van der Waals surface area contributed by atoms with Crippen molar-refractivity contribution in [2.45, 2.75) is 16.5 Å². The van der Waals surface area contributed by atoms with Gasteiger partial charge >= 0.3 is 5.97 Å². The number of hydrogen-bond donors (Lipinski definition) is 1. The van der Waals surface area contributed by atoms with Gasteiger partial charge < -0.3 is 5.11 Å². The number of carboxylic acids is 1. The molecular formula is C11H9BrN2O2S2. The van der Waals surface area contributed by atoms with Crippen molar-refractivity contribution in [3.05, 3.63) is 28.7 Å². The fraction of sp³-hybridized carbons (Fsp3) is 0.182. The van der Waals surface area contributed by atoms with Gasteiger partial charge in [0.05, 0.1) is 0 Å². The lowest BCUT2D eigenvalue weighted by Gasteiger charge is -2.00. The summed E-state index contributed by atoms with van der Waals surface area (Å²) in [6.45, 7) is 1.63. The summed E-state index contributed by atoms with van der Waals surface area (Å²) in [4.78, 5) is 10.8. The summed E-state index contributed by atoms with van der Waals surface area (Å²) < 4.78 is 1.64. The molecule has 7 heteroatoms. The van der Waals surface area contributed by atoms with Crippen LogP contribution in [0.5, 0.6) is 0 Å². The highest BCUT2D eigenvalue weighted by molar-refractivity contribution is 9.10. The Morgan fingerprint density at radius 3 is 2.94 bits per heavy atom. The fourth-order valence-corrected chi connectivity index (χ4v) is 3.52. The predicted molar refractivity (Wildman–Crippen MR) is 76.0 cm³/mol. The molecule has 0 aliphatic rings. The first kappa shape index (κ1) is 13.5. The molecule has 1 aromatic carbocycles. The van der Waals surface area contributed by atoms with Crippen LogP contribution < -0.4 is 0 Å². The zero-order valence-electron chi connectivity index (χ0n) is 9.33. The summed E-state index contributed by atoms with van der Waals surface area (Å²) in [6.07, 6.45) is 0. The molecule has 0 aliphatic heterocycles. The van der Waals surface area contributed by atoms with Crippen LogP contribution in [0.3, 0.4) is 0 Å². The minimum Gasteiger partial charge on any atom is -0.480 e. The number of halogens is 1. The van der Waals surface area contributed by atoms with E-state index in [-0.39, 0.29) is 0 Å². The second-order valence-electron chi connectivity index (χ2n) is 3.48. The standard InChI is InChI=1S/C11H9BrN2O2S2/c1-6(10(15)16)17-11-14-13-9(18-11)7-3-2-4-8(12)5-7/h2-6H,1H3,(H,15,16). The molecule has 94 valence electrons. The Morgan fingerprint density at radius 1 is 1.50 bits per heavy atom. The van der Waals surface area contributed by atoms with E-state index in [0.717, 1.165) is 15.0 Å². The lowest BCUT2D eigenvalue weighted by molar-refractivity contribution is -0.136. The zero-order chi connectivity index (χ0) is 13.1. The number of carboxylic acid groups (broad SMARTS) is 1. The Morgan fingerprint density at radius 2 is 2.28 bits per heavy atom. The molecule has 0 fully saturated rings. The SMILES string of the molecule is CC(Sc1nnc(-c2cccc(Br)c2)s1)C(=O)O. The van der Waals surface area contributed by atoms with E-state index in [1.165, 1.54) is 23.1 Å². The maximum absolute atomic E-state index is 10.8. The van der Waals surface area contributed by atoms with E-state index >= 15 is 0 Å². The number of hydrogen-bond acceptors (Lipinski definition) is 5. The Balaban J connectivity index is 2.18. The van der Waals surface area contributed by atoms with Crippen molar-refractivity contribution < 1.29 is 9.90 Å². The van der Waals surface area contributed by atoms with E-state index < -0.39 is 11.2 Å². The maximum atomic E-state index is 10.8. The zero-order valence-corrected chi connectivity index (χ0v) is 12.6. The molecule has 0 spiro atoms. The quantitative estimate of drug-likeness (QED) is 0.859. The third kappa shape index (κ3) is 3.30. The second-order valence-corrected chi connectivity index (χ2v) is 6.96. The smallest absolute Gasteiger partial charge is 0.316 e. The first-order chi connectivity index (χ1) is 8.56. The number of aliphatic carboxylic acids is 1. The Bertz CT molecular complexity index is 574. The molecule has 0 saturated heterocycles. The lowest BCUT2D eigenvalue weighted by atomic mass is 10.2. The number of thioether (sulfide) groups is 1. The van der Waals surface area contributed by atoms with Crippen molar-refractivity contribution >= 4 is 45.0 Å². The third-order valence-electron chi connectivity index (χ3n) is 2.10. The van der Waals surface area contributed by atoms with Gasteiger partial charge in [0, 0.05) is 10.0 Å². The number of rotatable bonds is 4. The van der Waals surface area contributed by atoms with Crippen molar-refractivity contribution in [3.63, 3.8) is 0 Å². The molecule has 1 aromatic heterocycles. The molecule has 2 aromatic rings. The fourth-order valence-electron chi connectivity index (χ4n) is 1.20. The van der Waals surface area contributed by atoms with Gasteiger partial charge in [-0.05, 0) is 19.1 Å². The summed E-state index contributed by atoms with van der Waals surface area (Å²) in [5.41, 5.74) is 0.969. The predicted octanol–water partition coefficient (Wildman–Crippen LogP) is 3.53.